The minimum Gasteiger partial charge on any atom is -0.588 e. The Balaban J connectivity index is 1.41. The summed E-state index contributed by atoms with van der Waals surface area (Å²) < 4.78 is 41.2. The fraction of sp³-hybridized carbons (Fsp3) is 0.188. The molecule has 4 aromatic carbocycles. The summed E-state index contributed by atoms with van der Waals surface area (Å²) in [5.74, 6) is -0.734. The zero-order valence-corrected chi connectivity index (χ0v) is 25.1. The van der Waals surface area contributed by atoms with Crippen LogP contribution in [0.2, 0.25) is 0 Å². The smallest absolute Gasteiger partial charge is 0.258 e. The summed E-state index contributed by atoms with van der Waals surface area (Å²) in [6, 6.07) is 24.0. The van der Waals surface area contributed by atoms with Crippen LogP contribution in [0.4, 0.5) is 15.8 Å². The van der Waals surface area contributed by atoms with Crippen molar-refractivity contribution in [2.24, 2.45) is 0 Å². The van der Waals surface area contributed by atoms with Crippen molar-refractivity contribution in [3.63, 3.8) is 0 Å². The van der Waals surface area contributed by atoms with Crippen LogP contribution < -0.4 is 24.8 Å². The summed E-state index contributed by atoms with van der Waals surface area (Å²) in [7, 11) is 6.29. The van der Waals surface area contributed by atoms with E-state index in [0.717, 1.165) is 16.8 Å². The van der Waals surface area contributed by atoms with Gasteiger partial charge in [0.2, 0.25) is 4.90 Å². The lowest BCUT2D eigenvalue weighted by molar-refractivity contribution is 0.0827. The van der Waals surface area contributed by atoms with Gasteiger partial charge in [0.15, 0.2) is 5.75 Å². The summed E-state index contributed by atoms with van der Waals surface area (Å²) in [5, 5.41) is 5.87. The second kappa shape index (κ2) is 14.4. The summed E-state index contributed by atoms with van der Waals surface area (Å²) in [6.45, 7) is 0.589. The number of hydrogen-bond donors (Lipinski definition) is 3. The van der Waals surface area contributed by atoms with E-state index in [-0.39, 0.29) is 23.8 Å². The van der Waals surface area contributed by atoms with Crippen molar-refractivity contribution < 1.29 is 28.0 Å². The standard InChI is InChI=1S/C32H33FN4O5S/c1-37(2)32(39)23-9-5-8-21(18-23)22-14-15-27(41-3)29(19-22)43(40)36-25-11-6-10-24(20-25)34-16-17-35-31(38)30-26(33)12-7-13-28(30)42-4/h5-15,18-20,34,36H,16-17H2,1-4H3,(H,35,38). The Bertz CT molecular complexity index is 1600. The van der Waals surface area contributed by atoms with Crippen LogP contribution in [-0.4, -0.2) is 62.7 Å². The topological polar surface area (TPSA) is 115 Å². The third-order valence-electron chi connectivity index (χ3n) is 6.45. The van der Waals surface area contributed by atoms with E-state index in [2.05, 4.69) is 15.4 Å². The lowest BCUT2D eigenvalue weighted by Gasteiger charge is -2.16. The summed E-state index contributed by atoms with van der Waals surface area (Å²) >= 11 is -1.68. The molecule has 4 aromatic rings. The number of carbonyl (C=O) groups excluding carboxylic acids is 2. The summed E-state index contributed by atoms with van der Waals surface area (Å²) in [6.07, 6.45) is 0. The molecule has 224 valence electrons. The molecule has 4 rings (SSSR count). The molecule has 0 aliphatic rings. The molecule has 9 nitrogen and oxygen atoms in total. The number of halogens is 1. The number of amides is 2. The van der Waals surface area contributed by atoms with E-state index in [1.807, 2.05) is 24.3 Å². The normalized spacial score (nSPS) is 11.3. The molecule has 0 radical (unpaired) electrons. The molecule has 11 heteroatoms. The number of methoxy groups -OCH3 is 2. The Labute approximate surface area is 253 Å². The number of ether oxygens (including phenoxy) is 2. The van der Waals surface area contributed by atoms with Crippen molar-refractivity contribution >= 4 is 34.6 Å². The maximum Gasteiger partial charge on any atom is 0.258 e. The monoisotopic (exact) mass is 604 g/mol. The van der Waals surface area contributed by atoms with Gasteiger partial charge in [0.25, 0.3) is 11.8 Å². The molecule has 0 saturated heterocycles. The van der Waals surface area contributed by atoms with Gasteiger partial charge in [-0.2, -0.15) is 0 Å². The molecule has 1 unspecified atom stereocenters. The van der Waals surface area contributed by atoms with Crippen LogP contribution in [0.25, 0.3) is 11.1 Å². The van der Waals surface area contributed by atoms with Crippen LogP contribution in [0.15, 0.2) is 89.8 Å². The highest BCUT2D eigenvalue weighted by Gasteiger charge is 2.21. The van der Waals surface area contributed by atoms with Crippen LogP contribution in [0.3, 0.4) is 0 Å². The number of rotatable bonds is 12. The van der Waals surface area contributed by atoms with Crippen molar-refractivity contribution in [3.8, 4) is 22.6 Å². The van der Waals surface area contributed by atoms with Gasteiger partial charge in [0, 0.05) is 44.5 Å². The minimum absolute atomic E-state index is 0.109. The third-order valence-corrected chi connectivity index (χ3v) is 7.59. The molecule has 1 atom stereocenters. The summed E-state index contributed by atoms with van der Waals surface area (Å²) in [5.41, 5.74) is 3.31. The average Bonchev–Trinajstić information content (AvgIpc) is 3.02. The number of carbonyl (C=O) groups is 2. The highest BCUT2D eigenvalue weighted by molar-refractivity contribution is 7.92. The second-order valence-electron chi connectivity index (χ2n) is 9.60. The van der Waals surface area contributed by atoms with E-state index in [1.165, 1.54) is 37.3 Å². The largest absolute Gasteiger partial charge is 0.588 e. The third kappa shape index (κ3) is 7.76. The van der Waals surface area contributed by atoms with Gasteiger partial charge in [-0.05, 0) is 59.7 Å². The van der Waals surface area contributed by atoms with Crippen LogP contribution in [0.1, 0.15) is 20.7 Å². The van der Waals surface area contributed by atoms with Crippen molar-refractivity contribution in [1.29, 1.82) is 0 Å². The molecule has 0 aromatic heterocycles. The van der Waals surface area contributed by atoms with E-state index in [1.54, 1.807) is 56.6 Å². The van der Waals surface area contributed by atoms with Crippen LogP contribution in [0, 0.1) is 5.82 Å². The van der Waals surface area contributed by atoms with E-state index >= 15 is 0 Å². The molecule has 0 spiro atoms. The van der Waals surface area contributed by atoms with E-state index < -0.39 is 23.1 Å². The van der Waals surface area contributed by atoms with Gasteiger partial charge < -0.3 is 29.6 Å². The van der Waals surface area contributed by atoms with E-state index in [4.69, 9.17) is 9.47 Å². The van der Waals surface area contributed by atoms with Crippen molar-refractivity contribution in [2.75, 3.05) is 51.4 Å². The number of anilines is 2. The molecule has 0 aliphatic heterocycles. The average molecular weight is 605 g/mol. The molecule has 2 amide bonds. The van der Waals surface area contributed by atoms with Crippen LogP contribution in [-0.2, 0) is 11.4 Å². The van der Waals surface area contributed by atoms with Gasteiger partial charge in [-0.25, -0.2) is 9.11 Å². The maximum atomic E-state index is 14.2. The lowest BCUT2D eigenvalue weighted by Crippen LogP contribution is -2.29. The first kappa shape index (κ1) is 31.2. The first-order valence-electron chi connectivity index (χ1n) is 13.3. The number of nitrogens with zero attached hydrogens (tertiary/aromatic N) is 1. The zero-order valence-electron chi connectivity index (χ0n) is 24.3. The Kier molecular flexibility index (Phi) is 10.5. The Hall–Kier alpha value is -4.74. The highest BCUT2D eigenvalue weighted by atomic mass is 32.2. The highest BCUT2D eigenvalue weighted by Crippen LogP contribution is 2.32. The maximum absolute atomic E-state index is 14.2. The van der Waals surface area contributed by atoms with E-state index in [9.17, 15) is 18.5 Å². The Morgan fingerprint density at radius 2 is 1.53 bits per heavy atom. The predicted octanol–water partition coefficient (Wildman–Crippen LogP) is 5.19. The van der Waals surface area contributed by atoms with Crippen LogP contribution in [0.5, 0.6) is 11.5 Å². The number of nitrogens with one attached hydrogen (secondary N) is 3. The van der Waals surface area contributed by atoms with Gasteiger partial charge in [0.05, 0.1) is 19.9 Å². The molecule has 0 aliphatic carbocycles. The Morgan fingerprint density at radius 3 is 2.28 bits per heavy atom. The lowest BCUT2D eigenvalue weighted by atomic mass is 10.0. The quantitative estimate of drug-likeness (QED) is 0.151. The molecule has 0 fully saturated rings. The van der Waals surface area contributed by atoms with Crippen molar-refractivity contribution in [1.82, 2.24) is 10.2 Å². The fourth-order valence-corrected chi connectivity index (χ4v) is 5.33. The summed E-state index contributed by atoms with van der Waals surface area (Å²) in [4.78, 5) is 26.9. The SMILES string of the molecule is COc1ccc(-c2cccc(C(=O)N(C)C)c2)cc1[S+]([O-])Nc1cccc(NCCNC(=O)c2c(F)cccc2OC)c1. The molecule has 0 bridgehead atoms. The van der Waals surface area contributed by atoms with Gasteiger partial charge in [0.1, 0.15) is 28.5 Å². The van der Waals surface area contributed by atoms with E-state index in [0.29, 0.717) is 28.4 Å². The molecular weight excluding hydrogens is 571 g/mol. The molecular formula is C32H33FN4O5S. The molecule has 43 heavy (non-hydrogen) atoms. The molecule has 3 N–H and O–H groups in total. The van der Waals surface area contributed by atoms with Crippen molar-refractivity contribution in [2.45, 2.75) is 4.90 Å². The van der Waals surface area contributed by atoms with Crippen LogP contribution >= 0.6 is 0 Å². The van der Waals surface area contributed by atoms with Gasteiger partial charge in [-0.3, -0.25) is 9.59 Å². The van der Waals surface area contributed by atoms with Gasteiger partial charge >= 0.3 is 0 Å². The second-order valence-corrected chi connectivity index (χ2v) is 10.8. The zero-order chi connectivity index (χ0) is 30.9. The predicted molar refractivity (Wildman–Crippen MR) is 167 cm³/mol. The molecule has 0 saturated carbocycles. The van der Waals surface area contributed by atoms with Gasteiger partial charge in [-0.15, -0.1) is 0 Å². The molecule has 0 heterocycles. The van der Waals surface area contributed by atoms with Crippen molar-refractivity contribution in [3.05, 3.63) is 102 Å². The first-order valence-corrected chi connectivity index (χ1v) is 14.5. The number of hydrogen-bond acceptors (Lipinski definition) is 7. The van der Waals surface area contributed by atoms with Gasteiger partial charge in [-0.1, -0.05) is 30.3 Å². The Morgan fingerprint density at radius 1 is 0.837 bits per heavy atom. The fourth-order valence-electron chi connectivity index (χ4n) is 4.31. The number of benzene rings is 4. The minimum atomic E-state index is -1.68. The first-order chi connectivity index (χ1) is 20.7.